The van der Waals surface area contributed by atoms with Crippen LogP contribution in [-0.2, 0) is 0 Å². The Kier molecular flexibility index (Phi) is 2.31. The Morgan fingerprint density at radius 1 is 1.64 bits per heavy atom. The second-order valence-corrected chi connectivity index (χ2v) is 2.93. The molecule has 6 N–H and O–H groups in total. The smallest absolute Gasteiger partial charge is 0.313 e. The van der Waals surface area contributed by atoms with Gasteiger partial charge in [0, 0.05) is 6.54 Å². The number of primary amides is 1. The quantitative estimate of drug-likeness (QED) is 0.357. The summed E-state index contributed by atoms with van der Waals surface area (Å²) in [6.45, 7) is 1.55. The lowest BCUT2D eigenvalue weighted by Crippen LogP contribution is -2.64. The van der Waals surface area contributed by atoms with Crippen molar-refractivity contribution in [3.8, 4) is 0 Å². The molecule has 0 bridgehead atoms. The van der Waals surface area contributed by atoms with Crippen molar-refractivity contribution >= 4 is 6.03 Å². The van der Waals surface area contributed by atoms with Crippen molar-refractivity contribution in [1.82, 2.24) is 10.6 Å². The van der Waals surface area contributed by atoms with Crippen molar-refractivity contribution in [2.75, 3.05) is 13.1 Å². The zero-order chi connectivity index (χ0) is 8.32. The maximum atomic E-state index is 10.5. The summed E-state index contributed by atoms with van der Waals surface area (Å²) in [6, 6.07) is -0.559. The summed E-state index contributed by atoms with van der Waals surface area (Å²) >= 11 is 0. The average Bonchev–Trinajstić information content (AvgIpc) is 1.85. The molecule has 1 rings (SSSR count). The van der Waals surface area contributed by atoms with E-state index in [0.29, 0.717) is 6.54 Å². The van der Waals surface area contributed by atoms with Crippen LogP contribution >= 0.6 is 0 Å². The van der Waals surface area contributed by atoms with Gasteiger partial charge in [-0.25, -0.2) is 4.79 Å². The largest absolute Gasteiger partial charge is 0.352 e. The van der Waals surface area contributed by atoms with Gasteiger partial charge < -0.3 is 22.1 Å². The summed E-state index contributed by atoms with van der Waals surface area (Å²) in [5.74, 6) is 0. The lowest BCUT2D eigenvalue weighted by atomic mass is 10.0. The molecule has 0 aromatic rings. The zero-order valence-electron chi connectivity index (χ0n) is 6.39. The van der Waals surface area contributed by atoms with Crippen molar-refractivity contribution in [2.24, 2.45) is 11.5 Å². The minimum absolute atomic E-state index is 0.559. The van der Waals surface area contributed by atoms with Crippen LogP contribution in [0.3, 0.4) is 0 Å². The van der Waals surface area contributed by atoms with Crippen LogP contribution in [0.5, 0.6) is 0 Å². The molecule has 5 nitrogen and oxygen atoms in total. The molecule has 0 aliphatic carbocycles. The molecule has 64 valence electrons. The van der Waals surface area contributed by atoms with Gasteiger partial charge in [-0.15, -0.1) is 0 Å². The summed E-state index contributed by atoms with van der Waals surface area (Å²) in [6.07, 6.45) is 1.75. The molecule has 11 heavy (non-hydrogen) atoms. The fourth-order valence-electron chi connectivity index (χ4n) is 1.28. The molecule has 0 aromatic carbocycles. The molecule has 1 saturated heterocycles. The van der Waals surface area contributed by atoms with E-state index in [9.17, 15) is 4.79 Å². The number of carbonyl (C=O) groups excluding carboxylic acids is 1. The first kappa shape index (κ1) is 8.29. The van der Waals surface area contributed by atoms with Crippen molar-refractivity contribution in [1.29, 1.82) is 0 Å². The number of rotatable bonds is 1. The van der Waals surface area contributed by atoms with Gasteiger partial charge in [-0.05, 0) is 19.4 Å². The molecule has 0 aromatic heterocycles. The molecule has 1 heterocycles. The maximum absolute atomic E-state index is 10.5. The summed E-state index contributed by atoms with van der Waals surface area (Å²) < 4.78 is 0. The van der Waals surface area contributed by atoms with Gasteiger partial charge in [0.25, 0.3) is 0 Å². The summed E-state index contributed by atoms with van der Waals surface area (Å²) in [7, 11) is 0. The van der Waals surface area contributed by atoms with E-state index in [1.807, 2.05) is 0 Å². The van der Waals surface area contributed by atoms with E-state index in [2.05, 4.69) is 10.6 Å². The topological polar surface area (TPSA) is 93.2 Å². The fourth-order valence-corrected chi connectivity index (χ4v) is 1.28. The molecule has 0 radical (unpaired) electrons. The third kappa shape index (κ3) is 2.36. The number of nitrogens with one attached hydrogen (secondary N) is 2. The molecule has 1 aliphatic rings. The highest BCUT2D eigenvalue weighted by atomic mass is 16.2. The number of urea groups is 1. The molecule has 0 saturated carbocycles. The van der Waals surface area contributed by atoms with Crippen LogP contribution in [0.15, 0.2) is 0 Å². The van der Waals surface area contributed by atoms with Gasteiger partial charge in [0.05, 0.1) is 0 Å². The van der Waals surface area contributed by atoms with Crippen LogP contribution in [0.25, 0.3) is 0 Å². The lowest BCUT2D eigenvalue weighted by molar-refractivity contribution is 0.219. The number of hydrogen-bond donors (Lipinski definition) is 4. The minimum Gasteiger partial charge on any atom is -0.352 e. The van der Waals surface area contributed by atoms with Crippen LogP contribution in [0, 0.1) is 0 Å². The third-order valence-electron chi connectivity index (χ3n) is 1.79. The number of carbonyl (C=O) groups is 1. The maximum Gasteiger partial charge on any atom is 0.313 e. The van der Waals surface area contributed by atoms with E-state index in [-0.39, 0.29) is 0 Å². The van der Waals surface area contributed by atoms with E-state index < -0.39 is 11.7 Å². The normalized spacial score (nSPS) is 31.4. The summed E-state index contributed by atoms with van der Waals surface area (Å²) in [5.41, 5.74) is 10.1. The molecule has 1 unspecified atom stereocenters. The van der Waals surface area contributed by atoms with Crippen molar-refractivity contribution in [3.05, 3.63) is 0 Å². The van der Waals surface area contributed by atoms with Crippen LogP contribution in [-0.4, -0.2) is 24.8 Å². The third-order valence-corrected chi connectivity index (χ3v) is 1.79. The van der Waals surface area contributed by atoms with E-state index >= 15 is 0 Å². The molecule has 0 spiro atoms. The highest BCUT2D eigenvalue weighted by Gasteiger charge is 2.27. The van der Waals surface area contributed by atoms with Crippen LogP contribution in [0.1, 0.15) is 12.8 Å². The Bertz CT molecular complexity index is 153. The molecule has 1 fully saturated rings. The zero-order valence-corrected chi connectivity index (χ0v) is 6.39. The van der Waals surface area contributed by atoms with Gasteiger partial charge in [-0.2, -0.15) is 0 Å². The highest BCUT2D eigenvalue weighted by molar-refractivity contribution is 5.72. The average molecular weight is 158 g/mol. The first-order chi connectivity index (χ1) is 5.12. The number of hydrogen-bond acceptors (Lipinski definition) is 3. The van der Waals surface area contributed by atoms with Crippen LogP contribution < -0.4 is 22.1 Å². The predicted octanol–water partition coefficient (Wildman–Crippen LogP) is -1.31. The Morgan fingerprint density at radius 2 is 2.36 bits per heavy atom. The Balaban J connectivity index is 2.43. The number of piperidine rings is 1. The van der Waals surface area contributed by atoms with E-state index in [4.69, 9.17) is 11.5 Å². The van der Waals surface area contributed by atoms with Crippen molar-refractivity contribution < 1.29 is 4.79 Å². The Labute approximate surface area is 65.5 Å². The van der Waals surface area contributed by atoms with Gasteiger partial charge in [-0.3, -0.25) is 0 Å². The number of amides is 2. The van der Waals surface area contributed by atoms with Gasteiger partial charge >= 0.3 is 6.03 Å². The molecule has 2 amide bonds. The van der Waals surface area contributed by atoms with E-state index in [1.165, 1.54) is 0 Å². The first-order valence-electron chi connectivity index (χ1n) is 3.70. The Hall–Kier alpha value is -0.810. The highest BCUT2D eigenvalue weighted by Crippen LogP contribution is 2.08. The summed E-state index contributed by atoms with van der Waals surface area (Å²) in [4.78, 5) is 10.5. The molecule has 1 atom stereocenters. The monoisotopic (exact) mass is 158 g/mol. The van der Waals surface area contributed by atoms with Crippen molar-refractivity contribution in [2.45, 2.75) is 18.5 Å². The molecular formula is C6H14N4O. The van der Waals surface area contributed by atoms with Crippen LogP contribution in [0.4, 0.5) is 4.79 Å². The lowest BCUT2D eigenvalue weighted by Gasteiger charge is -2.33. The van der Waals surface area contributed by atoms with Gasteiger partial charge in [0.2, 0.25) is 0 Å². The van der Waals surface area contributed by atoms with E-state index in [0.717, 1.165) is 19.4 Å². The van der Waals surface area contributed by atoms with Gasteiger partial charge in [-0.1, -0.05) is 0 Å². The Morgan fingerprint density at radius 3 is 2.82 bits per heavy atom. The second kappa shape index (κ2) is 3.06. The molecular weight excluding hydrogens is 144 g/mol. The molecule has 1 aliphatic heterocycles. The standard InChI is InChI=1S/C6H14N4O/c7-5(11)10-6(8)2-1-3-9-4-6/h9H,1-4,8H2,(H3,7,10,11). The second-order valence-electron chi connectivity index (χ2n) is 2.93. The van der Waals surface area contributed by atoms with Crippen LogP contribution in [0.2, 0.25) is 0 Å². The SMILES string of the molecule is NC(=O)NC1(N)CCCNC1. The number of nitrogens with two attached hydrogens (primary N) is 2. The first-order valence-corrected chi connectivity index (χ1v) is 3.70. The predicted molar refractivity (Wildman–Crippen MR) is 41.7 cm³/mol. The van der Waals surface area contributed by atoms with Gasteiger partial charge in [0.15, 0.2) is 0 Å². The fraction of sp³-hybridized carbons (Fsp3) is 0.833. The molecule has 5 heteroatoms. The van der Waals surface area contributed by atoms with Crippen molar-refractivity contribution in [3.63, 3.8) is 0 Å². The van der Waals surface area contributed by atoms with E-state index in [1.54, 1.807) is 0 Å². The van der Waals surface area contributed by atoms with Gasteiger partial charge in [0.1, 0.15) is 5.66 Å². The summed E-state index contributed by atoms with van der Waals surface area (Å²) in [5, 5.41) is 5.60. The minimum atomic E-state index is -0.635.